The minimum absolute atomic E-state index is 0.00886. The van der Waals surface area contributed by atoms with E-state index in [9.17, 15) is 35.9 Å². The van der Waals surface area contributed by atoms with E-state index in [1.54, 1.807) is 6.07 Å². The molecular formula is C24H21ClF6N8O4. The predicted octanol–water partition coefficient (Wildman–Crippen LogP) is 3.58. The SMILES string of the molecule is Cn1c(-c2cn(CC#N)nc2C(F)(F)F)cnc1C(=O)Nc1ccc(C(=O)NC2CC(N)C2)c(Cl)c1.O=C(O)C(F)(F)F. The van der Waals surface area contributed by atoms with Gasteiger partial charge in [0.1, 0.15) is 6.54 Å². The Bertz CT molecular complexity index is 1570. The van der Waals surface area contributed by atoms with Crippen LogP contribution in [0.3, 0.4) is 0 Å². The van der Waals surface area contributed by atoms with Gasteiger partial charge in [-0.3, -0.25) is 14.3 Å². The van der Waals surface area contributed by atoms with Crippen molar-refractivity contribution in [2.75, 3.05) is 5.32 Å². The molecule has 3 aromatic rings. The topological polar surface area (TPSA) is 181 Å². The van der Waals surface area contributed by atoms with Gasteiger partial charge in [-0.1, -0.05) is 11.6 Å². The first-order valence-corrected chi connectivity index (χ1v) is 12.3. The number of carboxylic acid groups (broad SMARTS) is 1. The summed E-state index contributed by atoms with van der Waals surface area (Å²) in [5.74, 6) is -4.00. The van der Waals surface area contributed by atoms with Crippen LogP contribution in [0.4, 0.5) is 32.0 Å². The van der Waals surface area contributed by atoms with Crippen LogP contribution in [0.15, 0.2) is 30.6 Å². The van der Waals surface area contributed by atoms with Gasteiger partial charge in [-0.15, -0.1) is 0 Å². The van der Waals surface area contributed by atoms with Crippen LogP contribution in [-0.2, 0) is 24.6 Å². The van der Waals surface area contributed by atoms with E-state index in [1.165, 1.54) is 29.8 Å². The Labute approximate surface area is 243 Å². The predicted molar refractivity (Wildman–Crippen MR) is 137 cm³/mol. The molecule has 12 nitrogen and oxygen atoms in total. The Morgan fingerprint density at radius 2 is 1.81 bits per heavy atom. The monoisotopic (exact) mass is 634 g/mol. The fourth-order valence-corrected chi connectivity index (χ4v) is 4.12. The summed E-state index contributed by atoms with van der Waals surface area (Å²) in [5, 5.41) is 24.9. The molecule has 0 atom stereocenters. The second-order valence-electron chi connectivity index (χ2n) is 9.12. The van der Waals surface area contributed by atoms with Crippen molar-refractivity contribution in [3.8, 4) is 17.3 Å². The molecule has 2 amide bonds. The van der Waals surface area contributed by atoms with Crippen molar-refractivity contribution in [1.29, 1.82) is 5.26 Å². The number of nitrogens with one attached hydrogen (secondary N) is 2. The maximum atomic E-state index is 13.5. The number of carbonyl (C=O) groups is 3. The molecule has 2 aromatic heterocycles. The number of amides is 2. The summed E-state index contributed by atoms with van der Waals surface area (Å²) >= 11 is 6.23. The average molecular weight is 635 g/mol. The van der Waals surface area contributed by atoms with Crippen LogP contribution < -0.4 is 16.4 Å². The zero-order chi connectivity index (χ0) is 32.3. The Kier molecular flexibility index (Phi) is 9.72. The van der Waals surface area contributed by atoms with E-state index in [4.69, 9.17) is 32.5 Å². The summed E-state index contributed by atoms with van der Waals surface area (Å²) in [4.78, 5) is 38.1. The van der Waals surface area contributed by atoms with Gasteiger partial charge in [-0.05, 0) is 31.0 Å². The smallest absolute Gasteiger partial charge is 0.475 e. The maximum Gasteiger partial charge on any atom is 0.490 e. The number of benzene rings is 1. The highest BCUT2D eigenvalue weighted by atomic mass is 35.5. The summed E-state index contributed by atoms with van der Waals surface area (Å²) in [7, 11) is 1.38. The lowest BCUT2D eigenvalue weighted by molar-refractivity contribution is -0.192. The largest absolute Gasteiger partial charge is 0.490 e. The number of nitrogens with zero attached hydrogens (tertiary/aromatic N) is 5. The van der Waals surface area contributed by atoms with Gasteiger partial charge in [0.15, 0.2) is 11.5 Å². The van der Waals surface area contributed by atoms with Crippen molar-refractivity contribution in [2.45, 2.75) is 43.8 Å². The van der Waals surface area contributed by atoms with Crippen LogP contribution in [0.25, 0.3) is 11.3 Å². The Morgan fingerprint density at radius 1 is 1.19 bits per heavy atom. The molecule has 0 bridgehead atoms. The van der Waals surface area contributed by atoms with Crippen LogP contribution in [-0.4, -0.2) is 60.5 Å². The number of carboxylic acids is 1. The summed E-state index contributed by atoms with van der Waals surface area (Å²) in [5.41, 5.74) is 4.67. The molecule has 1 aromatic carbocycles. The number of aromatic nitrogens is 4. The average Bonchev–Trinajstić information content (AvgIpc) is 3.46. The highest BCUT2D eigenvalue weighted by Crippen LogP contribution is 2.36. The van der Waals surface area contributed by atoms with Crippen LogP contribution in [0, 0.1) is 11.3 Å². The zero-order valence-electron chi connectivity index (χ0n) is 21.8. The van der Waals surface area contributed by atoms with Crippen molar-refractivity contribution >= 4 is 35.1 Å². The molecule has 0 unspecified atom stereocenters. The molecule has 230 valence electrons. The molecule has 1 fully saturated rings. The second kappa shape index (κ2) is 12.7. The third-order valence-electron chi connectivity index (χ3n) is 5.95. The van der Waals surface area contributed by atoms with Gasteiger partial charge in [0.05, 0.1) is 34.1 Å². The number of nitrogens with two attached hydrogens (primary N) is 1. The first-order valence-electron chi connectivity index (χ1n) is 11.9. The highest BCUT2D eigenvalue weighted by Gasteiger charge is 2.39. The van der Waals surface area contributed by atoms with Crippen molar-refractivity contribution in [3.05, 3.63) is 52.7 Å². The number of anilines is 1. The fourth-order valence-electron chi connectivity index (χ4n) is 3.85. The number of alkyl halides is 6. The first kappa shape index (κ1) is 32.9. The highest BCUT2D eigenvalue weighted by molar-refractivity contribution is 6.34. The van der Waals surface area contributed by atoms with Gasteiger partial charge in [-0.25, -0.2) is 9.78 Å². The van der Waals surface area contributed by atoms with Gasteiger partial charge in [-0.2, -0.15) is 36.7 Å². The number of rotatable bonds is 6. The van der Waals surface area contributed by atoms with Gasteiger partial charge < -0.3 is 26.0 Å². The molecule has 2 heterocycles. The molecule has 43 heavy (non-hydrogen) atoms. The number of imidazole rings is 1. The lowest BCUT2D eigenvalue weighted by Crippen LogP contribution is -2.50. The van der Waals surface area contributed by atoms with Crippen molar-refractivity contribution in [2.24, 2.45) is 12.8 Å². The van der Waals surface area contributed by atoms with Gasteiger partial charge >= 0.3 is 18.3 Å². The molecule has 1 aliphatic rings. The number of aliphatic carboxylic acids is 1. The molecule has 0 aliphatic heterocycles. The van der Waals surface area contributed by atoms with E-state index in [-0.39, 0.29) is 57.9 Å². The molecule has 0 radical (unpaired) electrons. The third-order valence-corrected chi connectivity index (χ3v) is 6.27. The summed E-state index contributed by atoms with van der Waals surface area (Å²) in [6.07, 6.45) is -6.30. The molecule has 1 saturated carbocycles. The van der Waals surface area contributed by atoms with Crippen LogP contribution in [0.2, 0.25) is 5.02 Å². The normalized spacial score (nSPS) is 16.3. The number of halogens is 7. The molecule has 1 aliphatic carbocycles. The van der Waals surface area contributed by atoms with Gasteiger partial charge in [0, 0.05) is 31.0 Å². The number of nitriles is 1. The lowest BCUT2D eigenvalue weighted by atomic mass is 9.87. The lowest BCUT2D eigenvalue weighted by Gasteiger charge is -2.33. The molecule has 0 spiro atoms. The van der Waals surface area contributed by atoms with E-state index in [0.29, 0.717) is 12.8 Å². The summed E-state index contributed by atoms with van der Waals surface area (Å²) in [6, 6.07) is 6.11. The van der Waals surface area contributed by atoms with E-state index < -0.39 is 29.9 Å². The summed E-state index contributed by atoms with van der Waals surface area (Å²) in [6.45, 7) is -0.378. The fraction of sp³-hybridized carbons (Fsp3) is 0.333. The number of hydrogen-bond acceptors (Lipinski definition) is 7. The Balaban J connectivity index is 0.000000646. The standard InChI is InChI=1S/C22H20ClF3N8O2.C2HF3O2/c1-33-17(15-10-34(5-4-27)32-18(15)22(24,25)26)9-29-19(33)21(36)30-12-2-3-14(16(23)8-12)20(35)31-13-6-11(28)7-13;3-2(4,5)1(6)7/h2-3,8-11,13H,5-7,28H2,1H3,(H,30,36)(H,31,35);(H,6,7). The van der Waals surface area contributed by atoms with Crippen LogP contribution >= 0.6 is 11.6 Å². The number of carbonyl (C=O) groups excluding carboxylic acids is 2. The van der Waals surface area contributed by atoms with Gasteiger partial charge in [0.2, 0.25) is 0 Å². The molecule has 19 heteroatoms. The van der Waals surface area contributed by atoms with E-state index >= 15 is 0 Å². The molecular weight excluding hydrogens is 614 g/mol. The second-order valence-corrected chi connectivity index (χ2v) is 9.53. The molecule has 4 rings (SSSR count). The minimum atomic E-state index is -5.08. The van der Waals surface area contributed by atoms with Gasteiger partial charge in [0.25, 0.3) is 11.8 Å². The number of hydrogen-bond donors (Lipinski definition) is 4. The summed E-state index contributed by atoms with van der Waals surface area (Å²) < 4.78 is 74.3. The maximum absolute atomic E-state index is 13.5. The first-order chi connectivity index (χ1) is 19.9. The van der Waals surface area contributed by atoms with Crippen molar-refractivity contribution in [1.82, 2.24) is 24.6 Å². The quantitative estimate of drug-likeness (QED) is 0.297. The van der Waals surface area contributed by atoms with Crippen LogP contribution in [0.5, 0.6) is 0 Å². The minimum Gasteiger partial charge on any atom is -0.475 e. The molecule has 5 N–H and O–H groups in total. The third kappa shape index (κ3) is 8.02. The van der Waals surface area contributed by atoms with E-state index in [2.05, 4.69) is 20.7 Å². The van der Waals surface area contributed by atoms with E-state index in [0.717, 1.165) is 17.1 Å². The van der Waals surface area contributed by atoms with Crippen molar-refractivity contribution in [3.63, 3.8) is 0 Å². The van der Waals surface area contributed by atoms with Crippen molar-refractivity contribution < 1.29 is 45.8 Å². The van der Waals surface area contributed by atoms with Crippen LogP contribution in [0.1, 0.15) is 39.5 Å². The Hall–Kier alpha value is -4.63. The zero-order valence-corrected chi connectivity index (χ0v) is 22.5. The van der Waals surface area contributed by atoms with E-state index in [1.807, 2.05) is 0 Å². The molecule has 0 saturated heterocycles. The Morgan fingerprint density at radius 3 is 2.33 bits per heavy atom.